The highest BCUT2D eigenvalue weighted by Gasteiger charge is 2.52. The molecule has 0 radical (unpaired) electrons. The van der Waals surface area contributed by atoms with Crippen molar-refractivity contribution in [1.82, 2.24) is 24.8 Å². The van der Waals surface area contributed by atoms with Gasteiger partial charge in [-0.15, -0.1) is 6.42 Å². The van der Waals surface area contributed by atoms with E-state index in [1.54, 1.807) is 0 Å². The molecule has 2 aromatic heterocycles. The molecule has 3 saturated heterocycles. The van der Waals surface area contributed by atoms with E-state index in [-0.39, 0.29) is 56.9 Å². The topological polar surface area (TPSA) is 113 Å². The second-order valence-electron chi connectivity index (χ2n) is 16.8. The number of amides is 1. The number of halogens is 5. The predicted octanol–water partition coefficient (Wildman–Crippen LogP) is 7.85. The number of pyridine rings is 1. The molecule has 5 heterocycles. The van der Waals surface area contributed by atoms with Gasteiger partial charge in [0.25, 0.3) is 0 Å². The molecule has 1 saturated carbocycles. The van der Waals surface area contributed by atoms with Crippen molar-refractivity contribution in [2.45, 2.75) is 76.6 Å². The third-order valence-electron chi connectivity index (χ3n) is 12.6. The molecule has 4 fully saturated rings. The molecule has 2 atom stereocenters. The Morgan fingerprint density at radius 1 is 1.07 bits per heavy atom. The molecule has 59 heavy (non-hydrogen) atoms. The minimum Gasteiger partial charge on any atom is -0.508 e. The second kappa shape index (κ2) is 15.9. The van der Waals surface area contributed by atoms with Crippen LogP contribution >= 0.6 is 0 Å². The third kappa shape index (κ3) is 7.79. The zero-order valence-corrected chi connectivity index (χ0v) is 33.1. The van der Waals surface area contributed by atoms with Crippen molar-refractivity contribution >= 4 is 33.6 Å². The molecule has 3 aliphatic heterocycles. The number of piperidine rings is 1. The Labute approximate surface area is 338 Å². The van der Waals surface area contributed by atoms with Crippen molar-refractivity contribution in [2.24, 2.45) is 11.3 Å². The number of carbonyl (C=O) groups is 1. The molecule has 1 N–H and O–H groups in total. The van der Waals surface area contributed by atoms with Crippen LogP contribution in [0, 0.1) is 35.3 Å². The van der Waals surface area contributed by atoms with Gasteiger partial charge in [0.05, 0.1) is 24.2 Å². The molecule has 4 aromatic rings. The van der Waals surface area contributed by atoms with Gasteiger partial charge in [-0.05, 0) is 95.0 Å². The Kier molecular flexibility index (Phi) is 11.0. The van der Waals surface area contributed by atoms with Crippen LogP contribution in [0.15, 0.2) is 30.5 Å². The van der Waals surface area contributed by atoms with E-state index in [1.165, 1.54) is 35.4 Å². The van der Waals surface area contributed by atoms with Gasteiger partial charge in [-0.3, -0.25) is 9.88 Å². The molecule has 1 aliphatic carbocycles. The number of aromatic nitrogens is 3. The molecule has 0 bridgehead atoms. The maximum atomic E-state index is 17.0. The number of ether oxygens (including phenoxy) is 3. The van der Waals surface area contributed by atoms with Gasteiger partial charge in [-0.2, -0.15) is 23.1 Å². The Morgan fingerprint density at radius 3 is 2.64 bits per heavy atom. The first-order valence-corrected chi connectivity index (χ1v) is 20.2. The van der Waals surface area contributed by atoms with Crippen LogP contribution in [0.25, 0.3) is 32.9 Å². The van der Waals surface area contributed by atoms with Gasteiger partial charge in [-0.25, -0.2) is 13.6 Å². The largest absolute Gasteiger partial charge is 0.508 e. The van der Waals surface area contributed by atoms with Gasteiger partial charge < -0.3 is 29.1 Å². The van der Waals surface area contributed by atoms with E-state index in [1.807, 2.05) is 4.90 Å². The predicted molar refractivity (Wildman–Crippen MR) is 210 cm³/mol. The summed E-state index contributed by atoms with van der Waals surface area (Å²) in [5.74, 6) is 1.35. The van der Waals surface area contributed by atoms with E-state index in [2.05, 4.69) is 20.8 Å². The molecule has 8 rings (SSSR count). The number of phenols is 1. The first-order valence-electron chi connectivity index (χ1n) is 20.2. The Hall–Kier alpha value is -5.01. The van der Waals surface area contributed by atoms with Gasteiger partial charge in [0.1, 0.15) is 28.6 Å². The Balaban J connectivity index is 1.04. The summed E-state index contributed by atoms with van der Waals surface area (Å²) in [7, 11) is 0. The summed E-state index contributed by atoms with van der Waals surface area (Å²) in [5.41, 5.74) is -2.93. The minimum atomic E-state index is -4.67. The fourth-order valence-electron chi connectivity index (χ4n) is 9.30. The molecule has 11 nitrogen and oxygen atoms in total. The van der Waals surface area contributed by atoms with Crippen LogP contribution in [0.4, 0.5) is 32.6 Å². The molecule has 16 heteroatoms. The fourth-order valence-corrected chi connectivity index (χ4v) is 9.30. The number of nitrogens with zero attached hydrogens (tertiary/aromatic N) is 6. The number of fused-ring (bicyclic) bond motifs is 3. The monoisotopic (exact) mass is 822 g/mol. The highest BCUT2D eigenvalue weighted by Crippen LogP contribution is 2.48. The molecule has 314 valence electrons. The normalized spacial score (nSPS) is 21.9. The first-order chi connectivity index (χ1) is 28.2. The lowest BCUT2D eigenvalue weighted by atomic mass is 9.75. The van der Waals surface area contributed by atoms with Crippen LogP contribution in [0.3, 0.4) is 0 Å². The zero-order valence-electron chi connectivity index (χ0n) is 33.1. The lowest BCUT2D eigenvalue weighted by molar-refractivity contribution is -0.247. The van der Waals surface area contributed by atoms with Crippen LogP contribution in [-0.2, 0) is 9.47 Å². The van der Waals surface area contributed by atoms with Crippen molar-refractivity contribution in [3.8, 4) is 35.4 Å². The summed E-state index contributed by atoms with van der Waals surface area (Å²) >= 11 is 0. The number of hydrogen-bond donors (Lipinski definition) is 1. The maximum absolute atomic E-state index is 17.0. The molecule has 4 aliphatic rings. The van der Waals surface area contributed by atoms with E-state index >= 15 is 4.39 Å². The van der Waals surface area contributed by atoms with E-state index in [9.17, 15) is 27.5 Å². The fraction of sp³-hybridized carbons (Fsp3) is 0.535. The van der Waals surface area contributed by atoms with Crippen molar-refractivity contribution < 1.29 is 46.1 Å². The number of carbonyl (C=O) groups excluding carboxylic acids is 1. The van der Waals surface area contributed by atoms with Crippen molar-refractivity contribution in [3.05, 3.63) is 47.7 Å². The molecular formula is C43H47F5N6O5. The number of phenolic OH excluding ortho intramolecular Hbond substituents is 1. The van der Waals surface area contributed by atoms with Gasteiger partial charge in [0, 0.05) is 61.4 Å². The van der Waals surface area contributed by atoms with Gasteiger partial charge in [0.2, 0.25) is 5.60 Å². The number of likely N-dealkylation sites (tertiary alicyclic amines) is 2. The summed E-state index contributed by atoms with van der Waals surface area (Å²) in [6.45, 7) is 6.50. The van der Waals surface area contributed by atoms with E-state index in [0.717, 1.165) is 71.9 Å². The van der Waals surface area contributed by atoms with Crippen LogP contribution in [0.1, 0.15) is 64.4 Å². The van der Waals surface area contributed by atoms with E-state index in [4.69, 9.17) is 25.6 Å². The number of aromatic hydroxyl groups is 1. The van der Waals surface area contributed by atoms with Crippen molar-refractivity contribution in [3.63, 3.8) is 0 Å². The maximum Gasteiger partial charge on any atom is 0.427 e. The van der Waals surface area contributed by atoms with Crippen molar-refractivity contribution in [2.75, 3.05) is 64.0 Å². The third-order valence-corrected chi connectivity index (χ3v) is 12.6. The average molecular weight is 823 g/mol. The highest BCUT2D eigenvalue weighted by atomic mass is 19.4. The SMILES string of the molecule is C#Cc1c(F)ccc2cc(O)cc(-c3ncc4c(N5CCCOCC5)nc(OC[C@]56CCC[C@H]5N(CCC5CN(C(=O)OC(C)(C)C(F)(F)F)C5)CCC6)nc4c3F)c12. The van der Waals surface area contributed by atoms with E-state index < -0.39 is 29.5 Å². The van der Waals surface area contributed by atoms with Gasteiger partial charge >= 0.3 is 18.3 Å². The molecule has 2 aromatic carbocycles. The molecule has 1 amide bonds. The number of hydrogen-bond acceptors (Lipinski definition) is 10. The number of terminal acetylenes is 1. The Bertz CT molecular complexity index is 2290. The summed E-state index contributed by atoms with van der Waals surface area (Å²) in [4.78, 5) is 32.2. The first kappa shape index (κ1) is 40.8. The summed E-state index contributed by atoms with van der Waals surface area (Å²) in [6, 6.07) is 5.64. The number of benzene rings is 2. The Morgan fingerprint density at radius 2 is 1.86 bits per heavy atom. The molecule has 0 spiro atoms. The number of rotatable bonds is 9. The van der Waals surface area contributed by atoms with Crippen LogP contribution in [0.2, 0.25) is 0 Å². The minimum absolute atomic E-state index is 0.0112. The lowest BCUT2D eigenvalue weighted by Gasteiger charge is -2.47. The van der Waals surface area contributed by atoms with E-state index in [0.29, 0.717) is 62.6 Å². The standard InChI is InChI=1S/C43H47F5N6O5/c1-4-29-32(44)10-9-27-20-28(55)21-30(34(27)29)36-35(45)37-31(22-49-36)38(53-15-7-18-57-19-17-53)51-39(50-37)58-25-42-12-5-8-33(42)52(14-6-13-42)16-11-26-23-54(24-26)40(56)59-41(2,3)43(46,47)48/h1,9-10,20-22,26,33,55H,5-8,11-19,23-25H2,2-3H3/t33-,42-/m1/s1. The summed E-state index contributed by atoms with van der Waals surface area (Å²) < 4.78 is 88.8. The quantitative estimate of drug-likeness (QED) is 0.132. The second-order valence-corrected chi connectivity index (χ2v) is 16.8. The molecular weight excluding hydrogens is 776 g/mol. The smallest absolute Gasteiger partial charge is 0.427 e. The van der Waals surface area contributed by atoms with Gasteiger partial charge in [-0.1, -0.05) is 18.4 Å². The van der Waals surface area contributed by atoms with Gasteiger partial charge in [0.15, 0.2) is 5.82 Å². The number of anilines is 1. The lowest BCUT2D eigenvalue weighted by Crippen LogP contribution is -2.56. The summed E-state index contributed by atoms with van der Waals surface area (Å²) in [6.07, 6.45) is 7.87. The summed E-state index contributed by atoms with van der Waals surface area (Å²) in [5, 5.41) is 11.6. The van der Waals surface area contributed by atoms with Crippen LogP contribution < -0.4 is 9.64 Å². The highest BCUT2D eigenvalue weighted by molar-refractivity contribution is 6.03. The van der Waals surface area contributed by atoms with Crippen LogP contribution in [-0.4, -0.2) is 113 Å². The number of alkyl halides is 3. The molecule has 0 unspecified atom stereocenters. The van der Waals surface area contributed by atoms with Crippen molar-refractivity contribution in [1.29, 1.82) is 0 Å². The van der Waals surface area contributed by atoms with Crippen LogP contribution in [0.5, 0.6) is 11.8 Å². The zero-order chi connectivity index (χ0) is 41.7. The average Bonchev–Trinajstić information content (AvgIpc) is 3.42.